The number of urea groups is 1. The number of hydrogen-bond donors (Lipinski definition) is 2. The van der Waals surface area contributed by atoms with Gasteiger partial charge in [0.05, 0.1) is 6.26 Å². The number of furan rings is 1. The van der Waals surface area contributed by atoms with Gasteiger partial charge in [0.15, 0.2) is 0 Å². The van der Waals surface area contributed by atoms with E-state index in [9.17, 15) is 13.2 Å². The molecular weight excluding hydrogens is 402 g/mol. The van der Waals surface area contributed by atoms with Gasteiger partial charge in [-0.05, 0) is 42.8 Å². The Kier molecular flexibility index (Phi) is 7.49. The maximum Gasteiger partial charge on any atom is 0.317 e. The molecule has 0 radical (unpaired) electrons. The molecule has 1 aliphatic rings. The quantitative estimate of drug-likeness (QED) is 0.599. The Morgan fingerprint density at radius 1 is 1.29 bits per heavy atom. The molecule has 0 atom stereocenters. The van der Waals surface area contributed by atoms with Crippen molar-refractivity contribution >= 4 is 27.4 Å². The summed E-state index contributed by atoms with van der Waals surface area (Å²) in [6.45, 7) is 2.54. The summed E-state index contributed by atoms with van der Waals surface area (Å²) in [6.07, 6.45) is 3.52. The minimum absolute atomic E-state index is 0.120. The Balaban J connectivity index is 1.29. The predicted octanol–water partition coefficient (Wildman–Crippen LogP) is 2.40. The van der Waals surface area contributed by atoms with Crippen molar-refractivity contribution in [3.63, 3.8) is 0 Å². The van der Waals surface area contributed by atoms with Crippen molar-refractivity contribution < 1.29 is 22.4 Å². The molecule has 0 aromatic carbocycles. The van der Waals surface area contributed by atoms with Gasteiger partial charge in [0, 0.05) is 32.3 Å². The van der Waals surface area contributed by atoms with E-state index in [-0.39, 0.29) is 12.1 Å². The normalized spacial score (nSPS) is 15.6. The molecule has 1 aliphatic heterocycles. The maximum absolute atomic E-state index is 12.3. The molecule has 0 aliphatic carbocycles. The third-order valence-electron chi connectivity index (χ3n) is 4.43. The first-order valence-corrected chi connectivity index (χ1v) is 11.6. The summed E-state index contributed by atoms with van der Waals surface area (Å²) in [5, 5.41) is 4.62. The number of sulfonamides is 1. The topological polar surface area (TPSA) is 101 Å². The third kappa shape index (κ3) is 6.06. The Morgan fingerprint density at radius 2 is 2.11 bits per heavy atom. The monoisotopic (exact) mass is 427 g/mol. The molecule has 3 rings (SSSR count). The summed E-state index contributed by atoms with van der Waals surface area (Å²) in [4.78, 5) is 13.9. The lowest BCUT2D eigenvalue weighted by Gasteiger charge is -2.32. The lowest BCUT2D eigenvalue weighted by Crippen LogP contribution is -2.49. The van der Waals surface area contributed by atoms with Crippen molar-refractivity contribution in [1.29, 1.82) is 0 Å². The zero-order chi connectivity index (χ0) is 19.8. The van der Waals surface area contributed by atoms with Gasteiger partial charge in [-0.15, -0.1) is 11.3 Å². The number of hydrogen-bond acceptors (Lipinski definition) is 6. The van der Waals surface area contributed by atoms with Crippen LogP contribution in [0.4, 0.5) is 4.79 Å². The lowest BCUT2D eigenvalue weighted by atomic mass is 10.1. The van der Waals surface area contributed by atoms with E-state index in [1.165, 1.54) is 11.3 Å². The minimum atomic E-state index is -3.46. The smallest absolute Gasteiger partial charge is 0.317 e. The SMILES string of the molecule is O=C(NCCCOCc1ccco1)N1CCC(NS(=O)(=O)c2cccs2)CC1. The fourth-order valence-electron chi connectivity index (χ4n) is 2.94. The highest BCUT2D eigenvalue weighted by Gasteiger charge is 2.26. The zero-order valence-corrected chi connectivity index (χ0v) is 17.1. The number of carbonyl (C=O) groups excluding carboxylic acids is 1. The van der Waals surface area contributed by atoms with Crippen molar-refractivity contribution in [3.05, 3.63) is 41.7 Å². The fraction of sp³-hybridized carbons (Fsp3) is 0.500. The Bertz CT molecular complexity index is 814. The Labute approximate surface area is 168 Å². The maximum atomic E-state index is 12.3. The largest absolute Gasteiger partial charge is 0.467 e. The van der Waals surface area contributed by atoms with Gasteiger partial charge in [0.2, 0.25) is 10.0 Å². The predicted molar refractivity (Wildman–Crippen MR) is 106 cm³/mol. The highest BCUT2D eigenvalue weighted by molar-refractivity contribution is 7.91. The van der Waals surface area contributed by atoms with E-state index in [1.807, 2.05) is 12.1 Å². The minimum Gasteiger partial charge on any atom is -0.467 e. The molecule has 2 N–H and O–H groups in total. The molecule has 10 heteroatoms. The van der Waals surface area contributed by atoms with Gasteiger partial charge >= 0.3 is 6.03 Å². The van der Waals surface area contributed by atoms with E-state index in [1.54, 1.807) is 28.7 Å². The number of amides is 2. The average molecular weight is 428 g/mol. The van der Waals surface area contributed by atoms with Gasteiger partial charge in [-0.3, -0.25) is 0 Å². The highest BCUT2D eigenvalue weighted by atomic mass is 32.2. The molecule has 1 fully saturated rings. The molecule has 2 aromatic rings. The van der Waals surface area contributed by atoms with Crippen molar-refractivity contribution in [2.24, 2.45) is 0 Å². The van der Waals surface area contributed by atoms with Crippen LogP contribution in [0.3, 0.4) is 0 Å². The van der Waals surface area contributed by atoms with Crippen LogP contribution in [0, 0.1) is 0 Å². The number of likely N-dealkylation sites (tertiary alicyclic amines) is 1. The van der Waals surface area contributed by atoms with Crippen molar-refractivity contribution in [2.45, 2.75) is 36.1 Å². The molecule has 28 heavy (non-hydrogen) atoms. The van der Waals surface area contributed by atoms with E-state index in [4.69, 9.17) is 9.15 Å². The van der Waals surface area contributed by atoms with Crippen molar-refractivity contribution in [2.75, 3.05) is 26.2 Å². The van der Waals surface area contributed by atoms with E-state index in [0.29, 0.717) is 56.3 Å². The first kappa shape index (κ1) is 20.8. The van der Waals surface area contributed by atoms with Gasteiger partial charge in [-0.1, -0.05) is 6.07 Å². The van der Waals surface area contributed by atoms with Crippen LogP contribution in [-0.2, 0) is 21.4 Å². The van der Waals surface area contributed by atoms with Gasteiger partial charge in [0.25, 0.3) is 0 Å². The average Bonchev–Trinajstić information content (AvgIpc) is 3.38. The second kappa shape index (κ2) is 10.1. The number of nitrogens with one attached hydrogen (secondary N) is 2. The molecule has 1 saturated heterocycles. The second-order valence-corrected chi connectivity index (χ2v) is 9.42. The first-order chi connectivity index (χ1) is 13.5. The number of carbonyl (C=O) groups is 1. The Hall–Kier alpha value is -1.88. The summed E-state index contributed by atoms with van der Waals surface area (Å²) < 4.78 is 38.2. The third-order valence-corrected chi connectivity index (χ3v) is 7.35. The van der Waals surface area contributed by atoms with E-state index < -0.39 is 10.0 Å². The molecule has 2 aromatic heterocycles. The molecule has 154 valence electrons. The van der Waals surface area contributed by atoms with Crippen LogP contribution in [0.1, 0.15) is 25.0 Å². The van der Waals surface area contributed by atoms with E-state index >= 15 is 0 Å². The fourth-order valence-corrected chi connectivity index (χ4v) is 5.26. The van der Waals surface area contributed by atoms with Gasteiger partial charge < -0.3 is 19.4 Å². The second-order valence-electron chi connectivity index (χ2n) is 6.53. The van der Waals surface area contributed by atoms with Gasteiger partial charge in [-0.2, -0.15) is 0 Å². The number of rotatable bonds is 9. The number of nitrogens with zero attached hydrogens (tertiary/aromatic N) is 1. The number of thiophene rings is 1. The lowest BCUT2D eigenvalue weighted by molar-refractivity contribution is 0.104. The van der Waals surface area contributed by atoms with Crippen molar-refractivity contribution in [1.82, 2.24) is 14.9 Å². The molecule has 0 spiro atoms. The van der Waals surface area contributed by atoms with Gasteiger partial charge in [0.1, 0.15) is 16.6 Å². The van der Waals surface area contributed by atoms with Crippen LogP contribution in [-0.4, -0.2) is 51.6 Å². The summed E-state index contributed by atoms with van der Waals surface area (Å²) in [6, 6.07) is 6.71. The van der Waals surface area contributed by atoms with Crippen LogP contribution in [0.15, 0.2) is 44.5 Å². The highest BCUT2D eigenvalue weighted by Crippen LogP contribution is 2.18. The molecular formula is C18H25N3O5S2. The van der Waals surface area contributed by atoms with Crippen LogP contribution in [0.25, 0.3) is 0 Å². The molecule has 0 saturated carbocycles. The first-order valence-electron chi connectivity index (χ1n) is 9.23. The number of piperidine rings is 1. The summed E-state index contributed by atoms with van der Waals surface area (Å²) in [7, 11) is -3.46. The number of ether oxygens (including phenoxy) is 1. The summed E-state index contributed by atoms with van der Waals surface area (Å²) in [5.41, 5.74) is 0. The molecule has 0 unspecified atom stereocenters. The van der Waals surface area contributed by atoms with Crippen molar-refractivity contribution in [3.8, 4) is 0 Å². The van der Waals surface area contributed by atoms with Crippen LogP contribution >= 0.6 is 11.3 Å². The molecule has 8 nitrogen and oxygen atoms in total. The van der Waals surface area contributed by atoms with Crippen LogP contribution in [0.5, 0.6) is 0 Å². The van der Waals surface area contributed by atoms with E-state index in [0.717, 1.165) is 5.76 Å². The summed E-state index contributed by atoms with van der Waals surface area (Å²) in [5.74, 6) is 0.779. The van der Waals surface area contributed by atoms with Gasteiger partial charge in [-0.25, -0.2) is 17.9 Å². The molecule has 0 bridgehead atoms. The van der Waals surface area contributed by atoms with Crippen LogP contribution in [0.2, 0.25) is 0 Å². The van der Waals surface area contributed by atoms with E-state index in [2.05, 4.69) is 10.0 Å². The molecule has 3 heterocycles. The Morgan fingerprint density at radius 3 is 2.79 bits per heavy atom. The summed E-state index contributed by atoms with van der Waals surface area (Å²) >= 11 is 1.20. The zero-order valence-electron chi connectivity index (χ0n) is 15.5. The molecule has 2 amide bonds. The van der Waals surface area contributed by atoms with Crippen LogP contribution < -0.4 is 10.0 Å². The standard InChI is InChI=1S/C18H25N3O5S2/c22-18(19-8-3-11-25-14-16-4-1-12-26-16)21-9-6-15(7-10-21)20-28(23,24)17-5-2-13-27-17/h1-2,4-5,12-13,15,20H,3,6-11,14H2,(H,19,22).